The van der Waals surface area contributed by atoms with Crippen LogP contribution in [0.2, 0.25) is 0 Å². The Morgan fingerprint density at radius 2 is 2.07 bits per heavy atom. The predicted molar refractivity (Wildman–Crippen MR) is 66.5 cm³/mol. The molecule has 0 saturated carbocycles. The van der Waals surface area contributed by atoms with Crippen molar-refractivity contribution in [1.82, 2.24) is 10.6 Å². The van der Waals surface area contributed by atoms with Crippen LogP contribution in [0, 0.1) is 0 Å². The zero-order valence-electron chi connectivity index (χ0n) is 9.63. The van der Waals surface area contributed by atoms with Gasteiger partial charge in [-0.15, -0.1) is 0 Å². The molecule has 2 heteroatoms. The highest BCUT2D eigenvalue weighted by Gasteiger charge is 1.92. The summed E-state index contributed by atoms with van der Waals surface area (Å²) in [5, 5.41) is 6.39. The predicted octanol–water partition coefficient (Wildman–Crippen LogP) is 2.71. The van der Waals surface area contributed by atoms with Crippen LogP contribution >= 0.6 is 0 Å². The highest BCUT2D eigenvalue weighted by atomic mass is 14.8. The third kappa shape index (κ3) is 6.13. The lowest BCUT2D eigenvalue weighted by atomic mass is 10.1. The van der Waals surface area contributed by atoms with Gasteiger partial charge in [0.25, 0.3) is 0 Å². The first-order valence-corrected chi connectivity index (χ1v) is 5.88. The number of nitrogens with one attached hydrogen (secondary N) is 2. The third-order valence-corrected chi connectivity index (χ3v) is 2.48. The lowest BCUT2D eigenvalue weighted by molar-refractivity contribution is 0.620. The lowest BCUT2D eigenvalue weighted by Gasteiger charge is -2.05. The van der Waals surface area contributed by atoms with Crippen molar-refractivity contribution in [3.63, 3.8) is 0 Å². The average molecular weight is 206 g/mol. The molecular formula is C13H22N2. The molecule has 2 N–H and O–H groups in total. The second-order valence-electron chi connectivity index (χ2n) is 3.83. The molecule has 1 rings (SSSR count). The molecule has 84 valence electrons. The molecule has 2 nitrogen and oxygen atoms in total. The van der Waals surface area contributed by atoms with Crippen LogP contribution in [-0.2, 0) is 0 Å². The summed E-state index contributed by atoms with van der Waals surface area (Å²) in [6.07, 6.45) is 16.9. The molecule has 0 amide bonds. The van der Waals surface area contributed by atoms with Crippen LogP contribution < -0.4 is 10.6 Å². The molecule has 0 atom stereocenters. The van der Waals surface area contributed by atoms with Gasteiger partial charge >= 0.3 is 0 Å². The Morgan fingerprint density at radius 1 is 1.20 bits per heavy atom. The topological polar surface area (TPSA) is 24.1 Å². The molecule has 0 aromatic heterocycles. The fourth-order valence-electron chi connectivity index (χ4n) is 1.59. The standard InChI is InChI=1S/C13H22N2/c1-14-11-7-4-2-3-5-9-13-10-6-8-12-15-13/h6,8-10,12,14-15H,2-5,7,11H2,1H3/b13-9-. The summed E-state index contributed by atoms with van der Waals surface area (Å²) in [4.78, 5) is 0. The van der Waals surface area contributed by atoms with E-state index in [-0.39, 0.29) is 0 Å². The van der Waals surface area contributed by atoms with Crippen LogP contribution in [0.1, 0.15) is 32.1 Å². The minimum absolute atomic E-state index is 1.15. The van der Waals surface area contributed by atoms with E-state index in [1.54, 1.807) is 0 Å². The van der Waals surface area contributed by atoms with Gasteiger partial charge < -0.3 is 10.6 Å². The molecule has 0 spiro atoms. The minimum Gasteiger partial charge on any atom is -0.362 e. The first-order chi connectivity index (χ1) is 7.43. The summed E-state index contributed by atoms with van der Waals surface area (Å²) in [6.45, 7) is 1.15. The normalized spacial score (nSPS) is 17.0. The van der Waals surface area contributed by atoms with Crippen LogP contribution in [0.3, 0.4) is 0 Å². The Morgan fingerprint density at radius 3 is 2.80 bits per heavy atom. The number of unbranched alkanes of at least 4 members (excludes halogenated alkanes) is 4. The van der Waals surface area contributed by atoms with Gasteiger partial charge in [-0.2, -0.15) is 0 Å². The van der Waals surface area contributed by atoms with E-state index >= 15 is 0 Å². The number of allylic oxidation sites excluding steroid dienone is 4. The Balaban J connectivity index is 1.96. The summed E-state index contributed by atoms with van der Waals surface area (Å²) in [5.74, 6) is 0. The Kier molecular flexibility index (Phi) is 6.67. The maximum atomic E-state index is 3.21. The van der Waals surface area contributed by atoms with Crippen molar-refractivity contribution >= 4 is 0 Å². The summed E-state index contributed by atoms with van der Waals surface area (Å²) < 4.78 is 0. The molecule has 0 bridgehead atoms. The van der Waals surface area contributed by atoms with E-state index in [4.69, 9.17) is 0 Å². The summed E-state index contributed by atoms with van der Waals surface area (Å²) in [6, 6.07) is 0. The quantitative estimate of drug-likeness (QED) is 0.626. The van der Waals surface area contributed by atoms with E-state index in [1.165, 1.54) is 37.8 Å². The lowest BCUT2D eigenvalue weighted by Crippen LogP contribution is -2.06. The van der Waals surface area contributed by atoms with Gasteiger partial charge in [0.1, 0.15) is 0 Å². The summed E-state index contributed by atoms with van der Waals surface area (Å²) in [7, 11) is 2.01. The molecule has 15 heavy (non-hydrogen) atoms. The van der Waals surface area contributed by atoms with Gasteiger partial charge in [0, 0.05) is 11.9 Å². The minimum atomic E-state index is 1.15. The molecular weight excluding hydrogens is 184 g/mol. The molecule has 0 aromatic carbocycles. The van der Waals surface area contributed by atoms with Crippen molar-refractivity contribution < 1.29 is 0 Å². The fourth-order valence-corrected chi connectivity index (χ4v) is 1.59. The van der Waals surface area contributed by atoms with Gasteiger partial charge in [-0.25, -0.2) is 0 Å². The van der Waals surface area contributed by atoms with Crippen molar-refractivity contribution in [1.29, 1.82) is 0 Å². The first kappa shape index (κ1) is 12.1. The van der Waals surface area contributed by atoms with Crippen molar-refractivity contribution in [3.05, 3.63) is 36.2 Å². The van der Waals surface area contributed by atoms with E-state index in [0.29, 0.717) is 0 Å². The van der Waals surface area contributed by atoms with Crippen molar-refractivity contribution in [2.24, 2.45) is 0 Å². The van der Waals surface area contributed by atoms with Gasteiger partial charge in [0.2, 0.25) is 0 Å². The molecule has 1 aliphatic heterocycles. The molecule has 1 aliphatic rings. The van der Waals surface area contributed by atoms with Gasteiger partial charge in [-0.3, -0.25) is 0 Å². The largest absolute Gasteiger partial charge is 0.362 e. The number of rotatable bonds is 7. The van der Waals surface area contributed by atoms with Gasteiger partial charge in [0.05, 0.1) is 0 Å². The molecule has 0 fully saturated rings. The van der Waals surface area contributed by atoms with Gasteiger partial charge in [-0.05, 0) is 45.0 Å². The zero-order chi connectivity index (χ0) is 10.8. The molecule has 1 heterocycles. The summed E-state index contributed by atoms with van der Waals surface area (Å²) >= 11 is 0. The molecule has 0 aliphatic carbocycles. The molecule has 0 saturated heterocycles. The van der Waals surface area contributed by atoms with Crippen LogP contribution in [0.25, 0.3) is 0 Å². The average Bonchev–Trinajstić information content (AvgIpc) is 2.29. The molecule has 0 radical (unpaired) electrons. The van der Waals surface area contributed by atoms with Crippen molar-refractivity contribution in [2.45, 2.75) is 32.1 Å². The summed E-state index contributed by atoms with van der Waals surface area (Å²) in [5.41, 5.74) is 1.23. The highest BCUT2D eigenvalue weighted by molar-refractivity contribution is 5.26. The first-order valence-electron chi connectivity index (χ1n) is 5.88. The second kappa shape index (κ2) is 8.30. The van der Waals surface area contributed by atoms with E-state index in [9.17, 15) is 0 Å². The second-order valence-corrected chi connectivity index (χ2v) is 3.83. The maximum Gasteiger partial charge on any atom is 0.0339 e. The van der Waals surface area contributed by atoms with Crippen LogP contribution in [0.5, 0.6) is 0 Å². The van der Waals surface area contributed by atoms with Crippen molar-refractivity contribution in [2.75, 3.05) is 13.6 Å². The smallest absolute Gasteiger partial charge is 0.0339 e. The van der Waals surface area contributed by atoms with Crippen LogP contribution in [0.4, 0.5) is 0 Å². The zero-order valence-corrected chi connectivity index (χ0v) is 9.63. The van der Waals surface area contributed by atoms with Crippen LogP contribution in [0.15, 0.2) is 36.2 Å². The third-order valence-electron chi connectivity index (χ3n) is 2.48. The van der Waals surface area contributed by atoms with Crippen LogP contribution in [-0.4, -0.2) is 13.6 Å². The number of hydrogen-bond acceptors (Lipinski definition) is 2. The van der Waals surface area contributed by atoms with Gasteiger partial charge in [0.15, 0.2) is 0 Å². The van der Waals surface area contributed by atoms with E-state index in [1.807, 2.05) is 19.3 Å². The fraction of sp³-hybridized carbons (Fsp3) is 0.538. The van der Waals surface area contributed by atoms with Gasteiger partial charge in [-0.1, -0.05) is 25.0 Å². The highest BCUT2D eigenvalue weighted by Crippen LogP contribution is 2.06. The van der Waals surface area contributed by atoms with E-state index in [2.05, 4.69) is 28.9 Å². The Hall–Kier alpha value is -1.02. The Bertz CT molecular complexity index is 239. The number of dihydropyridines is 1. The van der Waals surface area contributed by atoms with Crippen molar-refractivity contribution in [3.8, 4) is 0 Å². The Labute approximate surface area is 93.1 Å². The van der Waals surface area contributed by atoms with E-state index in [0.717, 1.165) is 6.54 Å². The maximum absolute atomic E-state index is 3.21. The number of hydrogen-bond donors (Lipinski definition) is 2. The monoisotopic (exact) mass is 206 g/mol. The SMILES string of the molecule is CNCCCCCC/C=C1/C=CC=CN1. The molecule has 0 aromatic rings. The van der Waals surface area contributed by atoms with E-state index < -0.39 is 0 Å². The molecule has 0 unspecified atom stereocenters.